The van der Waals surface area contributed by atoms with Gasteiger partial charge in [0.15, 0.2) is 0 Å². The van der Waals surface area contributed by atoms with E-state index in [-0.39, 0.29) is 12.0 Å². The fourth-order valence-electron chi connectivity index (χ4n) is 2.69. The highest BCUT2D eigenvalue weighted by Gasteiger charge is 2.29. The zero-order chi connectivity index (χ0) is 14.5. The summed E-state index contributed by atoms with van der Waals surface area (Å²) in [6.07, 6.45) is 1.99. The summed E-state index contributed by atoms with van der Waals surface area (Å²) >= 11 is 0. The third-order valence-corrected chi connectivity index (χ3v) is 4.11. The van der Waals surface area contributed by atoms with E-state index in [9.17, 15) is 4.79 Å². The van der Waals surface area contributed by atoms with E-state index in [1.165, 1.54) is 5.56 Å². The molecule has 0 aromatic heterocycles. The molecule has 0 aliphatic carbocycles. The van der Waals surface area contributed by atoms with Crippen molar-refractivity contribution in [3.8, 4) is 0 Å². The van der Waals surface area contributed by atoms with E-state index in [0.717, 1.165) is 24.9 Å². The molecule has 0 bridgehead atoms. The van der Waals surface area contributed by atoms with Crippen molar-refractivity contribution in [2.45, 2.75) is 25.9 Å². The first-order chi connectivity index (χ1) is 9.65. The molecule has 1 aliphatic heterocycles. The zero-order valence-corrected chi connectivity index (χ0v) is 12.3. The van der Waals surface area contributed by atoms with Gasteiger partial charge in [0.05, 0.1) is 6.10 Å². The van der Waals surface area contributed by atoms with Crippen LogP contribution in [0, 0.1) is 5.92 Å². The highest BCUT2D eigenvalue weighted by atomic mass is 16.5. The molecule has 110 valence electrons. The highest BCUT2D eigenvalue weighted by Crippen LogP contribution is 2.21. The molecule has 0 radical (unpaired) electrons. The van der Waals surface area contributed by atoms with E-state index < -0.39 is 0 Å². The molecule has 0 spiro atoms. The van der Waals surface area contributed by atoms with Crippen LogP contribution < -0.4 is 5.73 Å². The molecule has 1 aromatic carbocycles. The van der Waals surface area contributed by atoms with Crippen molar-refractivity contribution < 1.29 is 9.53 Å². The van der Waals surface area contributed by atoms with Crippen LogP contribution in [0.5, 0.6) is 0 Å². The van der Waals surface area contributed by atoms with Crippen LogP contribution in [0.4, 0.5) is 0 Å². The van der Waals surface area contributed by atoms with Crippen molar-refractivity contribution in [3.63, 3.8) is 0 Å². The number of methoxy groups -OCH3 is 1. The molecule has 1 heterocycles. The number of carbonyl (C=O) groups excluding carboxylic acids is 1. The Hall–Kier alpha value is -1.39. The average Bonchev–Trinajstić information content (AvgIpc) is 2.48. The second-order valence-electron chi connectivity index (χ2n) is 5.53. The van der Waals surface area contributed by atoms with Crippen molar-refractivity contribution in [1.29, 1.82) is 0 Å². The Morgan fingerprint density at radius 2 is 2.10 bits per heavy atom. The van der Waals surface area contributed by atoms with Crippen LogP contribution in [-0.4, -0.2) is 43.7 Å². The lowest BCUT2D eigenvalue weighted by Crippen LogP contribution is -2.46. The number of hydrogen-bond acceptors (Lipinski definition) is 3. The summed E-state index contributed by atoms with van der Waals surface area (Å²) in [5.41, 5.74) is 7.45. The van der Waals surface area contributed by atoms with Gasteiger partial charge in [-0.3, -0.25) is 4.79 Å². The maximum absolute atomic E-state index is 12.5. The third kappa shape index (κ3) is 3.38. The fourth-order valence-corrected chi connectivity index (χ4v) is 2.69. The van der Waals surface area contributed by atoms with Gasteiger partial charge in [0.1, 0.15) is 0 Å². The quantitative estimate of drug-likeness (QED) is 0.910. The molecular weight excluding hydrogens is 252 g/mol. The standard InChI is InChI=1S/C16H24N2O2/c1-12-8-10-18(11-15(12)20-2)16(19)14-5-3-13(4-6-14)7-9-17/h3-6,12,15H,7-11,17H2,1-2H3. The van der Waals surface area contributed by atoms with Gasteiger partial charge in [-0.25, -0.2) is 0 Å². The summed E-state index contributed by atoms with van der Waals surface area (Å²) in [6.45, 7) is 4.30. The second kappa shape index (κ2) is 6.86. The first-order valence-corrected chi connectivity index (χ1v) is 7.26. The lowest BCUT2D eigenvalue weighted by molar-refractivity contribution is -0.00156. The third-order valence-electron chi connectivity index (χ3n) is 4.11. The van der Waals surface area contributed by atoms with E-state index in [2.05, 4.69) is 6.92 Å². The fraction of sp³-hybridized carbons (Fsp3) is 0.562. The summed E-state index contributed by atoms with van der Waals surface area (Å²) in [4.78, 5) is 14.4. The van der Waals surface area contributed by atoms with E-state index in [4.69, 9.17) is 10.5 Å². The van der Waals surface area contributed by atoms with Crippen molar-refractivity contribution in [1.82, 2.24) is 4.90 Å². The molecule has 1 aromatic rings. The second-order valence-corrected chi connectivity index (χ2v) is 5.53. The summed E-state index contributed by atoms with van der Waals surface area (Å²) in [5, 5.41) is 0. The average molecular weight is 276 g/mol. The van der Waals surface area contributed by atoms with E-state index in [0.29, 0.717) is 19.0 Å². The molecule has 20 heavy (non-hydrogen) atoms. The number of benzene rings is 1. The number of amides is 1. The molecule has 4 heteroatoms. The molecule has 2 rings (SSSR count). The predicted octanol–water partition coefficient (Wildman–Crippen LogP) is 1.68. The maximum Gasteiger partial charge on any atom is 0.253 e. The number of likely N-dealkylation sites (tertiary alicyclic amines) is 1. The summed E-state index contributed by atoms with van der Waals surface area (Å²) in [6, 6.07) is 7.77. The number of ether oxygens (including phenoxy) is 1. The SMILES string of the molecule is COC1CN(C(=O)c2ccc(CCN)cc2)CCC1C. The number of nitrogens with zero attached hydrogens (tertiary/aromatic N) is 1. The molecule has 2 N–H and O–H groups in total. The van der Waals surface area contributed by atoms with Gasteiger partial charge in [0, 0.05) is 25.8 Å². The van der Waals surface area contributed by atoms with Crippen LogP contribution in [0.2, 0.25) is 0 Å². The molecule has 2 unspecified atom stereocenters. The summed E-state index contributed by atoms with van der Waals surface area (Å²) in [5.74, 6) is 0.606. The van der Waals surface area contributed by atoms with Crippen molar-refractivity contribution in [3.05, 3.63) is 35.4 Å². The number of nitrogens with two attached hydrogens (primary N) is 1. The minimum atomic E-state index is 0.0956. The maximum atomic E-state index is 12.5. The van der Waals surface area contributed by atoms with Crippen molar-refractivity contribution in [2.75, 3.05) is 26.7 Å². The van der Waals surface area contributed by atoms with Crippen molar-refractivity contribution >= 4 is 5.91 Å². The topological polar surface area (TPSA) is 55.6 Å². The first kappa shape index (κ1) is 15.0. The number of hydrogen-bond donors (Lipinski definition) is 1. The van der Waals surface area contributed by atoms with E-state index >= 15 is 0 Å². The molecular formula is C16H24N2O2. The predicted molar refractivity (Wildman–Crippen MR) is 79.7 cm³/mol. The Kier molecular flexibility index (Phi) is 5.15. The number of rotatable bonds is 4. The molecule has 2 atom stereocenters. The van der Waals surface area contributed by atoms with Crippen LogP contribution in [-0.2, 0) is 11.2 Å². The summed E-state index contributed by atoms with van der Waals surface area (Å²) < 4.78 is 5.46. The first-order valence-electron chi connectivity index (χ1n) is 7.26. The van der Waals surface area contributed by atoms with Crippen LogP contribution in [0.1, 0.15) is 29.3 Å². The minimum Gasteiger partial charge on any atom is -0.379 e. The van der Waals surface area contributed by atoms with Gasteiger partial charge in [-0.2, -0.15) is 0 Å². The normalized spacial score (nSPS) is 22.9. The van der Waals surface area contributed by atoms with Gasteiger partial charge >= 0.3 is 0 Å². The highest BCUT2D eigenvalue weighted by molar-refractivity contribution is 5.94. The Bertz CT molecular complexity index is 444. The van der Waals surface area contributed by atoms with Gasteiger partial charge in [-0.1, -0.05) is 19.1 Å². The van der Waals surface area contributed by atoms with Crippen LogP contribution in [0.3, 0.4) is 0 Å². The van der Waals surface area contributed by atoms with Gasteiger partial charge < -0.3 is 15.4 Å². The molecule has 1 fully saturated rings. The Morgan fingerprint density at radius 3 is 2.70 bits per heavy atom. The van der Waals surface area contributed by atoms with Crippen molar-refractivity contribution in [2.24, 2.45) is 11.7 Å². The number of carbonyl (C=O) groups is 1. The Balaban J connectivity index is 2.03. The number of piperidine rings is 1. The molecule has 1 amide bonds. The molecule has 1 aliphatic rings. The lowest BCUT2D eigenvalue weighted by Gasteiger charge is -2.36. The Morgan fingerprint density at radius 1 is 1.40 bits per heavy atom. The van der Waals surface area contributed by atoms with Crippen LogP contribution in [0.25, 0.3) is 0 Å². The minimum absolute atomic E-state index is 0.0956. The monoisotopic (exact) mass is 276 g/mol. The van der Waals surface area contributed by atoms with Crippen LogP contribution >= 0.6 is 0 Å². The van der Waals surface area contributed by atoms with Gasteiger partial charge in [0.25, 0.3) is 5.91 Å². The summed E-state index contributed by atoms with van der Waals surface area (Å²) in [7, 11) is 1.72. The molecule has 4 nitrogen and oxygen atoms in total. The largest absolute Gasteiger partial charge is 0.379 e. The molecule has 1 saturated heterocycles. The van der Waals surface area contributed by atoms with Crippen LogP contribution in [0.15, 0.2) is 24.3 Å². The van der Waals surface area contributed by atoms with Gasteiger partial charge in [-0.05, 0) is 43.0 Å². The zero-order valence-electron chi connectivity index (χ0n) is 12.3. The lowest BCUT2D eigenvalue weighted by atomic mass is 9.95. The van der Waals surface area contributed by atoms with E-state index in [1.807, 2.05) is 29.2 Å². The van der Waals surface area contributed by atoms with E-state index in [1.54, 1.807) is 7.11 Å². The van der Waals surface area contributed by atoms with Gasteiger partial charge in [-0.15, -0.1) is 0 Å². The van der Waals surface area contributed by atoms with Gasteiger partial charge in [0.2, 0.25) is 0 Å². The Labute approximate surface area is 120 Å². The molecule has 0 saturated carbocycles. The smallest absolute Gasteiger partial charge is 0.253 e.